The summed E-state index contributed by atoms with van der Waals surface area (Å²) < 4.78 is 11.7. The van der Waals surface area contributed by atoms with E-state index in [4.69, 9.17) is 14.5 Å². The van der Waals surface area contributed by atoms with Gasteiger partial charge in [-0.3, -0.25) is 0 Å². The highest BCUT2D eigenvalue weighted by molar-refractivity contribution is 14.0. The van der Waals surface area contributed by atoms with Gasteiger partial charge in [0.25, 0.3) is 0 Å². The minimum absolute atomic E-state index is 0. The van der Waals surface area contributed by atoms with Crippen LogP contribution in [0.25, 0.3) is 0 Å². The van der Waals surface area contributed by atoms with E-state index in [0.29, 0.717) is 12.5 Å². The van der Waals surface area contributed by atoms with E-state index in [1.807, 2.05) is 12.1 Å². The summed E-state index contributed by atoms with van der Waals surface area (Å²) in [7, 11) is 3.46. The van der Waals surface area contributed by atoms with Crippen LogP contribution >= 0.6 is 39.9 Å². The first kappa shape index (κ1) is 21.5. The fourth-order valence-electron chi connectivity index (χ4n) is 2.85. The number of benzene rings is 1. The lowest BCUT2D eigenvalue weighted by Crippen LogP contribution is -2.40. The monoisotopic (exact) mass is 511 g/mol. The maximum Gasteiger partial charge on any atom is 0.194 e. The van der Waals surface area contributed by atoms with Gasteiger partial charge < -0.3 is 19.7 Å². The number of nitrogens with zero attached hydrogens (tertiary/aromatic N) is 2. The summed E-state index contributed by atoms with van der Waals surface area (Å²) >= 11 is 3.51. The molecule has 1 unspecified atom stereocenters. The SMILES string of the molecule is CCNC(=NCc1cc(Br)ccc1OC)N1CCC(COC)C1.I. The number of halogens is 2. The normalized spacial score (nSPS) is 17.6. The zero-order valence-electron chi connectivity index (χ0n) is 14.5. The van der Waals surface area contributed by atoms with Crippen molar-refractivity contribution < 1.29 is 9.47 Å². The summed E-state index contributed by atoms with van der Waals surface area (Å²) in [6, 6.07) is 6.00. The molecule has 1 saturated heterocycles. The Balaban J connectivity index is 0.00000288. The highest BCUT2D eigenvalue weighted by Crippen LogP contribution is 2.24. The van der Waals surface area contributed by atoms with Crippen LogP contribution in [0.15, 0.2) is 27.7 Å². The smallest absolute Gasteiger partial charge is 0.194 e. The standard InChI is InChI=1S/C17H26BrN3O2.HI/c1-4-19-17(21-8-7-13(11-21)12-22-2)20-10-14-9-15(18)5-6-16(14)23-3;/h5-6,9,13H,4,7-8,10-12H2,1-3H3,(H,19,20);1H. The summed E-state index contributed by atoms with van der Waals surface area (Å²) in [5.74, 6) is 2.42. The maximum absolute atomic E-state index is 5.43. The van der Waals surface area contributed by atoms with Crippen LogP contribution in [0.3, 0.4) is 0 Å². The third-order valence-corrected chi connectivity index (χ3v) is 4.46. The predicted octanol–water partition coefficient (Wildman–Crippen LogP) is 3.51. The number of rotatable bonds is 6. The number of hydrogen-bond donors (Lipinski definition) is 1. The molecule has 2 rings (SSSR count). The third-order valence-electron chi connectivity index (χ3n) is 3.96. The Morgan fingerprint density at radius 1 is 1.42 bits per heavy atom. The first-order chi connectivity index (χ1) is 11.2. The van der Waals surface area contributed by atoms with E-state index in [2.05, 4.69) is 39.1 Å². The van der Waals surface area contributed by atoms with E-state index < -0.39 is 0 Å². The van der Waals surface area contributed by atoms with Gasteiger partial charge in [0.05, 0.1) is 20.3 Å². The molecule has 1 N–H and O–H groups in total. The van der Waals surface area contributed by atoms with E-state index in [0.717, 1.165) is 54.4 Å². The van der Waals surface area contributed by atoms with E-state index in [-0.39, 0.29) is 24.0 Å². The summed E-state index contributed by atoms with van der Waals surface area (Å²) in [6.07, 6.45) is 1.15. The van der Waals surface area contributed by atoms with Crippen molar-refractivity contribution in [3.05, 3.63) is 28.2 Å². The Labute approximate surface area is 170 Å². The average Bonchev–Trinajstić information content (AvgIpc) is 3.00. The minimum Gasteiger partial charge on any atom is -0.496 e. The molecule has 1 fully saturated rings. The van der Waals surface area contributed by atoms with Crippen LogP contribution in [-0.2, 0) is 11.3 Å². The fourth-order valence-corrected chi connectivity index (χ4v) is 3.26. The number of guanidine groups is 1. The van der Waals surface area contributed by atoms with Gasteiger partial charge in [-0.05, 0) is 31.5 Å². The fraction of sp³-hybridized carbons (Fsp3) is 0.588. The quantitative estimate of drug-likeness (QED) is 0.360. The van der Waals surface area contributed by atoms with Crippen molar-refractivity contribution in [2.75, 3.05) is 40.5 Å². The van der Waals surface area contributed by atoms with Crippen molar-refractivity contribution in [1.82, 2.24) is 10.2 Å². The van der Waals surface area contributed by atoms with E-state index in [9.17, 15) is 0 Å². The summed E-state index contributed by atoms with van der Waals surface area (Å²) in [6.45, 7) is 6.38. The van der Waals surface area contributed by atoms with Crippen LogP contribution in [-0.4, -0.2) is 51.3 Å². The number of hydrogen-bond acceptors (Lipinski definition) is 3. The Bertz CT molecular complexity index is 543. The lowest BCUT2D eigenvalue weighted by atomic mass is 10.1. The Morgan fingerprint density at radius 3 is 2.88 bits per heavy atom. The van der Waals surface area contributed by atoms with Gasteiger partial charge in [-0.25, -0.2) is 4.99 Å². The third kappa shape index (κ3) is 6.07. The molecule has 0 aromatic heterocycles. The second-order valence-corrected chi connectivity index (χ2v) is 6.60. The van der Waals surface area contributed by atoms with Crippen LogP contribution in [0.1, 0.15) is 18.9 Å². The largest absolute Gasteiger partial charge is 0.496 e. The van der Waals surface area contributed by atoms with E-state index in [1.54, 1.807) is 14.2 Å². The molecular formula is C17H27BrIN3O2. The maximum atomic E-state index is 5.43. The van der Waals surface area contributed by atoms with Crippen molar-refractivity contribution in [3.8, 4) is 5.75 Å². The number of methoxy groups -OCH3 is 2. The zero-order chi connectivity index (χ0) is 16.7. The molecule has 0 aliphatic carbocycles. The number of likely N-dealkylation sites (tertiary alicyclic amines) is 1. The highest BCUT2D eigenvalue weighted by Gasteiger charge is 2.24. The molecule has 1 heterocycles. The Kier molecular flexibility index (Phi) is 9.99. The molecule has 7 heteroatoms. The molecule has 0 bridgehead atoms. The van der Waals surface area contributed by atoms with Gasteiger partial charge in [-0.15, -0.1) is 24.0 Å². The van der Waals surface area contributed by atoms with Crippen LogP contribution in [0, 0.1) is 5.92 Å². The van der Waals surface area contributed by atoms with Crippen molar-refractivity contribution in [2.45, 2.75) is 19.9 Å². The molecule has 1 aromatic carbocycles. The van der Waals surface area contributed by atoms with Gasteiger partial charge in [-0.2, -0.15) is 0 Å². The van der Waals surface area contributed by atoms with Gasteiger partial charge >= 0.3 is 0 Å². The lowest BCUT2D eigenvalue weighted by Gasteiger charge is -2.21. The predicted molar refractivity (Wildman–Crippen MR) is 112 cm³/mol. The summed E-state index contributed by atoms with van der Waals surface area (Å²) in [5, 5.41) is 3.39. The van der Waals surface area contributed by atoms with Crippen molar-refractivity contribution in [2.24, 2.45) is 10.9 Å². The number of nitrogens with one attached hydrogen (secondary N) is 1. The molecule has 1 atom stereocenters. The van der Waals surface area contributed by atoms with Crippen molar-refractivity contribution in [1.29, 1.82) is 0 Å². The molecule has 1 aliphatic rings. The molecule has 0 saturated carbocycles. The molecule has 0 radical (unpaired) electrons. The average molecular weight is 512 g/mol. The molecule has 1 aromatic rings. The van der Waals surface area contributed by atoms with Gasteiger partial charge in [0, 0.05) is 42.7 Å². The van der Waals surface area contributed by atoms with E-state index in [1.165, 1.54) is 0 Å². The number of aliphatic imine (C=N–C) groups is 1. The molecule has 24 heavy (non-hydrogen) atoms. The molecule has 5 nitrogen and oxygen atoms in total. The first-order valence-electron chi connectivity index (χ1n) is 8.02. The zero-order valence-corrected chi connectivity index (χ0v) is 18.5. The summed E-state index contributed by atoms with van der Waals surface area (Å²) in [5.41, 5.74) is 1.07. The topological polar surface area (TPSA) is 46.1 Å². The highest BCUT2D eigenvalue weighted by atomic mass is 127. The summed E-state index contributed by atoms with van der Waals surface area (Å²) in [4.78, 5) is 7.12. The first-order valence-corrected chi connectivity index (χ1v) is 8.81. The van der Waals surface area contributed by atoms with Crippen LogP contribution in [0.2, 0.25) is 0 Å². The van der Waals surface area contributed by atoms with Crippen LogP contribution in [0.4, 0.5) is 0 Å². The molecular weight excluding hydrogens is 485 g/mol. The molecule has 0 spiro atoms. The van der Waals surface area contributed by atoms with Crippen LogP contribution in [0.5, 0.6) is 5.75 Å². The lowest BCUT2D eigenvalue weighted by molar-refractivity contribution is 0.157. The van der Waals surface area contributed by atoms with Gasteiger partial charge in [-0.1, -0.05) is 15.9 Å². The van der Waals surface area contributed by atoms with Crippen molar-refractivity contribution in [3.63, 3.8) is 0 Å². The van der Waals surface area contributed by atoms with Gasteiger partial charge in [0.2, 0.25) is 0 Å². The Morgan fingerprint density at radius 2 is 2.21 bits per heavy atom. The second-order valence-electron chi connectivity index (χ2n) is 5.68. The van der Waals surface area contributed by atoms with Gasteiger partial charge in [0.15, 0.2) is 5.96 Å². The van der Waals surface area contributed by atoms with Crippen LogP contribution < -0.4 is 10.1 Å². The Hall–Kier alpha value is -0.540. The van der Waals surface area contributed by atoms with Crippen molar-refractivity contribution >= 4 is 45.9 Å². The minimum atomic E-state index is 0. The molecule has 136 valence electrons. The van der Waals surface area contributed by atoms with E-state index >= 15 is 0 Å². The number of ether oxygens (including phenoxy) is 2. The molecule has 1 aliphatic heterocycles. The van der Waals surface area contributed by atoms with Gasteiger partial charge in [0.1, 0.15) is 5.75 Å². The molecule has 0 amide bonds. The second kappa shape index (κ2) is 11.1.